The lowest BCUT2D eigenvalue weighted by molar-refractivity contribution is -0.134. The predicted octanol–water partition coefficient (Wildman–Crippen LogP) is 1.86. The number of unbranched alkanes of at least 4 members (excludes halogenated alkanes) is 1. The minimum atomic E-state index is -3.67. The largest absolute Gasteiger partial charge is 0.459 e. The van der Waals surface area contributed by atoms with Crippen molar-refractivity contribution in [1.82, 2.24) is 14.5 Å². The molecule has 1 aromatic heterocycles. The third-order valence-electron chi connectivity index (χ3n) is 5.67. The number of aliphatic imine (C=N–C) groups is 1. The van der Waals surface area contributed by atoms with Crippen molar-refractivity contribution in [3.8, 4) is 0 Å². The zero-order valence-corrected chi connectivity index (χ0v) is 18.7. The Labute approximate surface area is 187 Å². The summed E-state index contributed by atoms with van der Waals surface area (Å²) in [6.45, 7) is 3.61. The second-order valence-electron chi connectivity index (χ2n) is 7.83. The van der Waals surface area contributed by atoms with Crippen LogP contribution >= 0.6 is 0 Å². The molecule has 1 fully saturated rings. The van der Waals surface area contributed by atoms with E-state index in [4.69, 9.17) is 4.42 Å². The van der Waals surface area contributed by atoms with Crippen molar-refractivity contribution in [3.05, 3.63) is 54.0 Å². The molecule has 2 aromatic rings. The summed E-state index contributed by atoms with van der Waals surface area (Å²) in [4.78, 5) is 33.8. The standard InChI is InChI=1S/C22H26N4O5S/c1-2-3-8-17(23-20-16-7-4-5-10-19(16)32(29,30)24-20)21(27)25-11-13-26(14-12-25)22(28)18-9-6-15-31-18/h4-7,9-10,15,17H,2-3,8,11-14H2,1H3,(H,23,24). The molecule has 2 aliphatic heterocycles. The molecule has 1 unspecified atom stereocenters. The molecule has 9 nitrogen and oxygen atoms in total. The van der Waals surface area contributed by atoms with E-state index >= 15 is 0 Å². The summed E-state index contributed by atoms with van der Waals surface area (Å²) < 4.78 is 32.5. The number of furan rings is 1. The number of hydrogen-bond donors (Lipinski definition) is 1. The molecule has 32 heavy (non-hydrogen) atoms. The SMILES string of the molecule is CCCCC(N=C1NS(=O)(=O)c2ccccc21)C(=O)N1CCN(C(=O)c2ccco2)CC1. The number of benzene rings is 1. The van der Waals surface area contributed by atoms with E-state index in [1.54, 1.807) is 40.1 Å². The Bertz CT molecular complexity index is 1120. The molecule has 2 amide bonds. The molecule has 0 aliphatic carbocycles. The average Bonchev–Trinajstić information content (AvgIpc) is 3.43. The van der Waals surface area contributed by atoms with E-state index in [2.05, 4.69) is 9.71 Å². The quantitative estimate of drug-likeness (QED) is 0.710. The van der Waals surface area contributed by atoms with Crippen LogP contribution in [0.1, 0.15) is 42.3 Å². The van der Waals surface area contributed by atoms with Gasteiger partial charge in [0.2, 0.25) is 5.91 Å². The molecule has 0 saturated carbocycles. The van der Waals surface area contributed by atoms with E-state index in [-0.39, 0.29) is 28.3 Å². The van der Waals surface area contributed by atoms with Gasteiger partial charge in [0.25, 0.3) is 15.9 Å². The second kappa shape index (κ2) is 9.15. The van der Waals surface area contributed by atoms with Crippen LogP contribution in [0.2, 0.25) is 0 Å². The molecule has 1 saturated heterocycles. The van der Waals surface area contributed by atoms with Crippen molar-refractivity contribution in [2.24, 2.45) is 4.99 Å². The van der Waals surface area contributed by atoms with Crippen molar-refractivity contribution in [2.45, 2.75) is 37.1 Å². The number of sulfonamides is 1. The second-order valence-corrected chi connectivity index (χ2v) is 9.48. The molecule has 10 heteroatoms. The van der Waals surface area contributed by atoms with E-state index in [9.17, 15) is 18.0 Å². The van der Waals surface area contributed by atoms with Crippen molar-refractivity contribution >= 4 is 27.7 Å². The number of fused-ring (bicyclic) bond motifs is 1. The van der Waals surface area contributed by atoms with Gasteiger partial charge in [-0.1, -0.05) is 31.9 Å². The Hall–Kier alpha value is -3.14. The summed E-state index contributed by atoms with van der Waals surface area (Å²) in [5, 5.41) is 0. The van der Waals surface area contributed by atoms with Crippen LogP contribution in [0.25, 0.3) is 0 Å². The maximum Gasteiger partial charge on any atom is 0.289 e. The summed E-state index contributed by atoms with van der Waals surface area (Å²) in [5.41, 5.74) is 0.482. The van der Waals surface area contributed by atoms with Crippen LogP contribution in [-0.2, 0) is 14.8 Å². The lowest BCUT2D eigenvalue weighted by Crippen LogP contribution is -2.52. The van der Waals surface area contributed by atoms with Crippen LogP contribution < -0.4 is 4.72 Å². The number of rotatable bonds is 6. The number of nitrogens with zero attached hydrogens (tertiary/aromatic N) is 3. The van der Waals surface area contributed by atoms with Crippen LogP contribution in [0.4, 0.5) is 0 Å². The maximum absolute atomic E-state index is 13.3. The van der Waals surface area contributed by atoms with Crippen LogP contribution in [0.15, 0.2) is 57.0 Å². The molecular weight excluding hydrogens is 432 g/mol. The van der Waals surface area contributed by atoms with Gasteiger partial charge in [0, 0.05) is 31.7 Å². The summed E-state index contributed by atoms with van der Waals surface area (Å²) in [7, 11) is -3.67. The highest BCUT2D eigenvalue weighted by Gasteiger charge is 2.34. The summed E-state index contributed by atoms with van der Waals surface area (Å²) in [6, 6.07) is 9.21. The highest BCUT2D eigenvalue weighted by molar-refractivity contribution is 7.90. The van der Waals surface area contributed by atoms with Crippen LogP contribution in [0.5, 0.6) is 0 Å². The minimum absolute atomic E-state index is 0.153. The fraction of sp³-hybridized carbons (Fsp3) is 0.409. The number of amidine groups is 1. The van der Waals surface area contributed by atoms with E-state index in [0.29, 0.717) is 38.2 Å². The Balaban J connectivity index is 1.49. The average molecular weight is 459 g/mol. The molecule has 1 N–H and O–H groups in total. The van der Waals surface area contributed by atoms with Gasteiger partial charge in [-0.2, -0.15) is 0 Å². The van der Waals surface area contributed by atoms with E-state index in [0.717, 1.165) is 12.8 Å². The summed E-state index contributed by atoms with van der Waals surface area (Å²) in [5.74, 6) is 0.146. The Morgan fingerprint density at radius 2 is 1.81 bits per heavy atom. The van der Waals surface area contributed by atoms with Crippen LogP contribution in [0, 0.1) is 0 Å². The first kappa shape index (κ1) is 22.1. The molecule has 2 aliphatic rings. The van der Waals surface area contributed by atoms with Gasteiger partial charge in [0.15, 0.2) is 5.76 Å². The van der Waals surface area contributed by atoms with E-state index in [1.807, 2.05) is 6.92 Å². The van der Waals surface area contributed by atoms with Crippen LogP contribution in [-0.4, -0.2) is 68.1 Å². The number of piperazine rings is 1. The van der Waals surface area contributed by atoms with E-state index < -0.39 is 16.1 Å². The van der Waals surface area contributed by atoms with Gasteiger partial charge in [-0.15, -0.1) is 0 Å². The molecule has 0 bridgehead atoms. The molecule has 1 aromatic carbocycles. The zero-order valence-electron chi connectivity index (χ0n) is 17.9. The number of carbonyl (C=O) groups is 2. The topological polar surface area (TPSA) is 112 Å². The van der Waals surface area contributed by atoms with Crippen molar-refractivity contribution in [3.63, 3.8) is 0 Å². The Morgan fingerprint density at radius 3 is 2.50 bits per heavy atom. The van der Waals surface area contributed by atoms with Crippen molar-refractivity contribution < 1.29 is 22.4 Å². The normalized spacial score (nSPS) is 19.5. The van der Waals surface area contributed by atoms with Gasteiger partial charge in [0.05, 0.1) is 11.2 Å². The maximum atomic E-state index is 13.3. The van der Waals surface area contributed by atoms with Gasteiger partial charge in [0.1, 0.15) is 11.9 Å². The third kappa shape index (κ3) is 4.40. The number of amides is 2. The van der Waals surface area contributed by atoms with Crippen molar-refractivity contribution in [2.75, 3.05) is 26.2 Å². The third-order valence-corrected chi connectivity index (χ3v) is 7.07. The van der Waals surface area contributed by atoms with Crippen LogP contribution in [0.3, 0.4) is 0 Å². The molecule has 3 heterocycles. The van der Waals surface area contributed by atoms with Gasteiger partial charge in [-0.05, 0) is 30.7 Å². The first-order chi connectivity index (χ1) is 15.4. The predicted molar refractivity (Wildman–Crippen MR) is 118 cm³/mol. The lowest BCUT2D eigenvalue weighted by atomic mass is 10.1. The zero-order chi connectivity index (χ0) is 22.7. The number of carbonyl (C=O) groups excluding carboxylic acids is 2. The van der Waals surface area contributed by atoms with Crippen molar-refractivity contribution in [1.29, 1.82) is 0 Å². The fourth-order valence-corrected chi connectivity index (χ4v) is 5.16. The monoisotopic (exact) mass is 458 g/mol. The van der Waals surface area contributed by atoms with Gasteiger partial charge in [-0.25, -0.2) is 8.42 Å². The highest BCUT2D eigenvalue weighted by Crippen LogP contribution is 2.24. The van der Waals surface area contributed by atoms with Gasteiger partial charge in [-0.3, -0.25) is 19.3 Å². The highest BCUT2D eigenvalue weighted by atomic mass is 32.2. The molecule has 0 spiro atoms. The summed E-state index contributed by atoms with van der Waals surface area (Å²) >= 11 is 0. The molecule has 4 rings (SSSR count). The fourth-order valence-electron chi connectivity index (χ4n) is 3.92. The number of nitrogens with one attached hydrogen (secondary N) is 1. The van der Waals surface area contributed by atoms with E-state index in [1.165, 1.54) is 12.3 Å². The van der Waals surface area contributed by atoms with Gasteiger partial charge < -0.3 is 14.2 Å². The molecular formula is C22H26N4O5S. The Morgan fingerprint density at radius 1 is 1.09 bits per heavy atom. The Kier molecular flexibility index (Phi) is 6.31. The molecule has 1 atom stereocenters. The molecule has 0 radical (unpaired) electrons. The number of hydrogen-bond acceptors (Lipinski definition) is 6. The molecule has 170 valence electrons. The van der Waals surface area contributed by atoms with Gasteiger partial charge >= 0.3 is 0 Å². The first-order valence-corrected chi connectivity index (χ1v) is 12.2. The smallest absolute Gasteiger partial charge is 0.289 e. The minimum Gasteiger partial charge on any atom is -0.459 e. The summed E-state index contributed by atoms with van der Waals surface area (Å²) in [6.07, 6.45) is 3.66. The first-order valence-electron chi connectivity index (χ1n) is 10.7. The lowest BCUT2D eigenvalue weighted by Gasteiger charge is -2.35.